The largest absolute Gasteiger partial charge is 0.297 e. The van der Waals surface area contributed by atoms with E-state index in [-0.39, 0.29) is 11.3 Å². The second-order valence-electron chi connectivity index (χ2n) is 6.00. The van der Waals surface area contributed by atoms with Gasteiger partial charge in [-0.15, -0.1) is 10.2 Å². The Morgan fingerprint density at radius 2 is 2.08 bits per heavy atom. The number of aromatic nitrogens is 2. The average molecular weight is 361 g/mol. The monoisotopic (exact) mass is 361 g/mol. The van der Waals surface area contributed by atoms with Gasteiger partial charge in [-0.3, -0.25) is 25.1 Å². The Balaban J connectivity index is 1.67. The van der Waals surface area contributed by atoms with E-state index in [1.807, 2.05) is 0 Å². The highest BCUT2D eigenvalue weighted by Gasteiger charge is 2.19. The number of hydrogen-bond donors (Lipinski definition) is 1. The first-order chi connectivity index (χ1) is 12.0. The lowest BCUT2D eigenvalue weighted by Crippen LogP contribution is -2.28. The third-order valence-electron chi connectivity index (χ3n) is 4.24. The first kappa shape index (κ1) is 17.4. The molecule has 132 valence electrons. The molecule has 25 heavy (non-hydrogen) atoms. The zero-order valence-corrected chi connectivity index (χ0v) is 14.7. The maximum atomic E-state index is 12.4. The number of benzene rings is 1. The molecule has 1 aliphatic rings. The van der Waals surface area contributed by atoms with E-state index in [9.17, 15) is 14.9 Å². The van der Waals surface area contributed by atoms with E-state index in [0.717, 1.165) is 24.6 Å². The van der Waals surface area contributed by atoms with Gasteiger partial charge in [0.05, 0.1) is 11.5 Å². The topological polar surface area (TPSA) is 101 Å². The average Bonchev–Trinajstić information content (AvgIpc) is 3.02. The van der Waals surface area contributed by atoms with Crippen molar-refractivity contribution in [3.05, 3.63) is 44.4 Å². The number of likely N-dealkylation sites (tertiary alicyclic amines) is 1. The number of carbonyl (C=O) groups is 1. The Kier molecular flexibility index (Phi) is 5.34. The van der Waals surface area contributed by atoms with E-state index in [1.165, 1.54) is 42.7 Å². The van der Waals surface area contributed by atoms with E-state index >= 15 is 0 Å². The first-order valence-electron chi connectivity index (χ1n) is 8.14. The van der Waals surface area contributed by atoms with Crippen LogP contribution in [0.5, 0.6) is 0 Å². The van der Waals surface area contributed by atoms with Gasteiger partial charge in [0, 0.05) is 17.2 Å². The number of nitro groups is 1. The molecule has 1 amide bonds. The zero-order valence-electron chi connectivity index (χ0n) is 13.9. The summed E-state index contributed by atoms with van der Waals surface area (Å²) in [6.07, 6.45) is 3.68. The number of nitrogens with zero attached hydrogens (tertiary/aromatic N) is 4. The van der Waals surface area contributed by atoms with Gasteiger partial charge in [0.25, 0.3) is 11.6 Å². The molecule has 1 aromatic heterocycles. The SMILES string of the molecule is Cc1c(C(=O)Nc2nnc(CN3CCCCC3)s2)cccc1[N+](=O)[O-]. The van der Waals surface area contributed by atoms with Crippen LogP contribution in [0.2, 0.25) is 0 Å². The summed E-state index contributed by atoms with van der Waals surface area (Å²) in [5.41, 5.74) is 0.528. The summed E-state index contributed by atoms with van der Waals surface area (Å²) in [4.78, 5) is 25.2. The molecule has 1 aromatic carbocycles. The highest BCUT2D eigenvalue weighted by molar-refractivity contribution is 7.15. The van der Waals surface area contributed by atoms with Crippen molar-refractivity contribution in [1.29, 1.82) is 0 Å². The van der Waals surface area contributed by atoms with Crippen LogP contribution in [0.3, 0.4) is 0 Å². The Labute approximate surface area is 149 Å². The predicted molar refractivity (Wildman–Crippen MR) is 94.8 cm³/mol. The molecule has 3 rings (SSSR count). The van der Waals surface area contributed by atoms with Gasteiger partial charge >= 0.3 is 0 Å². The summed E-state index contributed by atoms with van der Waals surface area (Å²) in [5, 5.41) is 23.1. The summed E-state index contributed by atoms with van der Waals surface area (Å²) in [6.45, 7) is 4.43. The van der Waals surface area contributed by atoms with Gasteiger partial charge in [0.15, 0.2) is 0 Å². The minimum Gasteiger partial charge on any atom is -0.297 e. The molecule has 1 saturated heterocycles. The van der Waals surface area contributed by atoms with Crippen LogP contribution in [0, 0.1) is 17.0 Å². The van der Waals surface area contributed by atoms with Gasteiger partial charge in [-0.1, -0.05) is 23.8 Å². The smallest absolute Gasteiger partial charge is 0.273 e. The van der Waals surface area contributed by atoms with Crippen LogP contribution < -0.4 is 5.32 Å². The van der Waals surface area contributed by atoms with Gasteiger partial charge in [0.2, 0.25) is 5.13 Å². The molecular weight excluding hydrogens is 342 g/mol. The minimum atomic E-state index is -0.492. The van der Waals surface area contributed by atoms with Crippen molar-refractivity contribution in [3.63, 3.8) is 0 Å². The van der Waals surface area contributed by atoms with Crippen LogP contribution in [-0.2, 0) is 6.54 Å². The minimum absolute atomic E-state index is 0.0734. The molecule has 9 heteroatoms. The Morgan fingerprint density at radius 1 is 1.32 bits per heavy atom. The highest BCUT2D eigenvalue weighted by atomic mass is 32.1. The summed E-state index contributed by atoms with van der Waals surface area (Å²) in [5.74, 6) is -0.415. The van der Waals surface area contributed by atoms with Gasteiger partial charge in [0.1, 0.15) is 5.01 Å². The normalized spacial score (nSPS) is 15.1. The van der Waals surface area contributed by atoms with Crippen molar-refractivity contribution in [2.24, 2.45) is 0 Å². The predicted octanol–water partition coefficient (Wildman–Crippen LogP) is 2.99. The highest BCUT2D eigenvalue weighted by Crippen LogP contribution is 2.23. The Hall–Kier alpha value is -2.39. The van der Waals surface area contributed by atoms with Crippen molar-refractivity contribution in [1.82, 2.24) is 15.1 Å². The third-order valence-corrected chi connectivity index (χ3v) is 5.06. The standard InChI is InChI=1S/C16H19N5O3S/c1-11-12(6-5-7-13(11)21(23)24)15(22)17-16-19-18-14(25-16)10-20-8-3-2-4-9-20/h5-7H,2-4,8-10H2,1H3,(H,17,19,22). The van der Waals surface area contributed by atoms with Crippen LogP contribution >= 0.6 is 11.3 Å². The maximum Gasteiger partial charge on any atom is 0.273 e. The summed E-state index contributed by atoms with van der Waals surface area (Å²) < 4.78 is 0. The molecular formula is C16H19N5O3S. The fraction of sp³-hybridized carbons (Fsp3) is 0.438. The van der Waals surface area contributed by atoms with Crippen LogP contribution in [0.4, 0.5) is 10.8 Å². The second kappa shape index (κ2) is 7.66. The number of nitro benzene ring substituents is 1. The van der Waals surface area contributed by atoms with Crippen LogP contribution in [0.15, 0.2) is 18.2 Å². The Bertz CT molecular complexity index is 786. The van der Waals surface area contributed by atoms with E-state index in [2.05, 4.69) is 20.4 Å². The molecule has 1 aliphatic heterocycles. The molecule has 8 nitrogen and oxygen atoms in total. The zero-order chi connectivity index (χ0) is 17.8. The molecule has 0 bridgehead atoms. The van der Waals surface area contributed by atoms with Gasteiger partial charge in [-0.2, -0.15) is 0 Å². The second-order valence-corrected chi connectivity index (χ2v) is 7.06. The number of rotatable bonds is 5. The lowest BCUT2D eigenvalue weighted by Gasteiger charge is -2.24. The van der Waals surface area contributed by atoms with Crippen LogP contribution in [0.25, 0.3) is 0 Å². The van der Waals surface area contributed by atoms with Crippen molar-refractivity contribution in [2.45, 2.75) is 32.7 Å². The maximum absolute atomic E-state index is 12.4. The molecule has 0 saturated carbocycles. The summed E-state index contributed by atoms with van der Waals surface area (Å²) in [6, 6.07) is 4.45. The number of carbonyl (C=O) groups excluding carboxylic acids is 1. The lowest BCUT2D eigenvalue weighted by atomic mass is 10.1. The summed E-state index contributed by atoms with van der Waals surface area (Å²) >= 11 is 1.34. The third kappa shape index (κ3) is 4.18. The quantitative estimate of drug-likeness (QED) is 0.649. The molecule has 1 fully saturated rings. The number of piperidine rings is 1. The molecule has 0 atom stereocenters. The fourth-order valence-electron chi connectivity index (χ4n) is 2.91. The lowest BCUT2D eigenvalue weighted by molar-refractivity contribution is -0.385. The van der Waals surface area contributed by atoms with Gasteiger partial charge in [-0.25, -0.2) is 0 Å². The molecule has 2 aromatic rings. The molecule has 2 heterocycles. The van der Waals surface area contributed by atoms with Crippen molar-refractivity contribution >= 4 is 28.1 Å². The number of anilines is 1. The number of hydrogen-bond acceptors (Lipinski definition) is 7. The van der Waals surface area contributed by atoms with Crippen LogP contribution in [0.1, 0.15) is 40.2 Å². The van der Waals surface area contributed by atoms with Crippen molar-refractivity contribution < 1.29 is 9.72 Å². The van der Waals surface area contributed by atoms with Gasteiger partial charge in [-0.05, 0) is 38.9 Å². The van der Waals surface area contributed by atoms with Crippen molar-refractivity contribution in [2.75, 3.05) is 18.4 Å². The number of amides is 1. The molecule has 0 spiro atoms. The van der Waals surface area contributed by atoms with Gasteiger partial charge < -0.3 is 0 Å². The summed E-state index contributed by atoms with van der Waals surface area (Å²) in [7, 11) is 0. The van der Waals surface area contributed by atoms with E-state index in [1.54, 1.807) is 13.0 Å². The van der Waals surface area contributed by atoms with Crippen LogP contribution in [-0.4, -0.2) is 39.0 Å². The van der Waals surface area contributed by atoms with Crippen molar-refractivity contribution in [3.8, 4) is 0 Å². The molecule has 0 aliphatic carbocycles. The number of nitrogens with one attached hydrogen (secondary N) is 1. The molecule has 0 radical (unpaired) electrons. The first-order valence-corrected chi connectivity index (χ1v) is 8.96. The van der Waals surface area contributed by atoms with E-state index in [4.69, 9.17) is 0 Å². The molecule has 0 unspecified atom stereocenters. The fourth-order valence-corrected chi connectivity index (χ4v) is 3.69. The van der Waals surface area contributed by atoms with E-state index in [0.29, 0.717) is 10.7 Å². The molecule has 1 N–H and O–H groups in total. The van der Waals surface area contributed by atoms with E-state index < -0.39 is 10.8 Å². The Morgan fingerprint density at radius 3 is 2.80 bits per heavy atom.